The van der Waals surface area contributed by atoms with Crippen LogP contribution in [0.25, 0.3) is 11.0 Å². The summed E-state index contributed by atoms with van der Waals surface area (Å²) < 4.78 is 0. The first-order valence-corrected chi connectivity index (χ1v) is 5.36. The van der Waals surface area contributed by atoms with Crippen LogP contribution in [0.4, 0.5) is 0 Å². The predicted octanol–water partition coefficient (Wildman–Crippen LogP) is 0.719. The van der Waals surface area contributed by atoms with Gasteiger partial charge in [0.15, 0.2) is 0 Å². The number of aryl methyl sites for hydroxylation is 1. The Labute approximate surface area is 97.7 Å². The van der Waals surface area contributed by atoms with Crippen molar-refractivity contribution in [2.45, 2.75) is 26.3 Å². The van der Waals surface area contributed by atoms with Gasteiger partial charge in [0.2, 0.25) is 0 Å². The molecule has 0 radical (unpaired) electrons. The molecule has 0 aliphatic carbocycles. The summed E-state index contributed by atoms with van der Waals surface area (Å²) in [4.78, 5) is 27.8. The first kappa shape index (κ1) is 11.6. The average Bonchev–Trinajstić information content (AvgIpc) is 2.18. The lowest BCUT2D eigenvalue weighted by atomic mass is 9.90. The molecule has 1 aromatic carbocycles. The van der Waals surface area contributed by atoms with E-state index in [-0.39, 0.29) is 0 Å². The van der Waals surface area contributed by atoms with Crippen LogP contribution in [0.3, 0.4) is 0 Å². The highest BCUT2D eigenvalue weighted by Crippen LogP contribution is 2.26. The summed E-state index contributed by atoms with van der Waals surface area (Å²) in [7, 11) is 0. The highest BCUT2D eigenvalue weighted by atomic mass is 16.2. The van der Waals surface area contributed by atoms with Crippen molar-refractivity contribution in [3.05, 3.63) is 44.0 Å². The Morgan fingerprint density at radius 1 is 1.12 bits per heavy atom. The SMILES string of the molecule is Cc1ccc2[nH]c(=O)c(=O)[nH]c2c1C(C)(C)N. The molecule has 90 valence electrons. The molecular weight excluding hydrogens is 218 g/mol. The molecule has 0 spiro atoms. The van der Waals surface area contributed by atoms with Crippen LogP contribution in [-0.2, 0) is 5.54 Å². The number of rotatable bonds is 1. The lowest BCUT2D eigenvalue weighted by Gasteiger charge is -2.23. The summed E-state index contributed by atoms with van der Waals surface area (Å²) in [5, 5.41) is 0. The Bertz CT molecular complexity index is 689. The van der Waals surface area contributed by atoms with Crippen LogP contribution in [0.2, 0.25) is 0 Å². The van der Waals surface area contributed by atoms with Gasteiger partial charge < -0.3 is 15.7 Å². The van der Waals surface area contributed by atoms with Crippen molar-refractivity contribution in [1.29, 1.82) is 0 Å². The first-order chi connectivity index (χ1) is 7.80. The van der Waals surface area contributed by atoms with Crippen LogP contribution < -0.4 is 16.9 Å². The summed E-state index contributed by atoms with van der Waals surface area (Å²) in [6.07, 6.45) is 0. The number of hydrogen-bond donors (Lipinski definition) is 3. The second-order valence-corrected chi connectivity index (χ2v) is 4.81. The molecule has 1 heterocycles. The normalized spacial score (nSPS) is 12.0. The van der Waals surface area contributed by atoms with E-state index in [1.54, 1.807) is 6.07 Å². The van der Waals surface area contributed by atoms with Gasteiger partial charge in [0.25, 0.3) is 0 Å². The molecule has 5 heteroatoms. The number of hydrogen-bond acceptors (Lipinski definition) is 3. The van der Waals surface area contributed by atoms with Gasteiger partial charge in [0.05, 0.1) is 11.0 Å². The zero-order chi connectivity index (χ0) is 12.8. The Balaban J connectivity index is 3.01. The summed E-state index contributed by atoms with van der Waals surface area (Å²) >= 11 is 0. The van der Waals surface area contributed by atoms with E-state index in [0.717, 1.165) is 11.1 Å². The van der Waals surface area contributed by atoms with E-state index >= 15 is 0 Å². The molecule has 0 aliphatic heterocycles. The number of nitrogens with one attached hydrogen (secondary N) is 2. The predicted molar refractivity (Wildman–Crippen MR) is 67.1 cm³/mol. The summed E-state index contributed by atoms with van der Waals surface area (Å²) in [5.74, 6) is 0. The van der Waals surface area contributed by atoms with E-state index in [1.165, 1.54) is 0 Å². The van der Waals surface area contributed by atoms with Gasteiger partial charge in [-0.15, -0.1) is 0 Å². The van der Waals surface area contributed by atoms with Crippen LogP contribution in [0, 0.1) is 6.92 Å². The highest BCUT2D eigenvalue weighted by Gasteiger charge is 2.20. The van der Waals surface area contributed by atoms with Gasteiger partial charge in [0, 0.05) is 5.54 Å². The van der Waals surface area contributed by atoms with Gasteiger partial charge in [-0.2, -0.15) is 0 Å². The van der Waals surface area contributed by atoms with E-state index in [4.69, 9.17) is 5.73 Å². The van der Waals surface area contributed by atoms with Gasteiger partial charge in [-0.05, 0) is 38.0 Å². The van der Waals surface area contributed by atoms with Gasteiger partial charge in [-0.25, -0.2) is 0 Å². The van der Waals surface area contributed by atoms with Gasteiger partial charge >= 0.3 is 11.1 Å². The molecule has 0 amide bonds. The van der Waals surface area contributed by atoms with E-state index in [9.17, 15) is 9.59 Å². The van der Waals surface area contributed by atoms with Crippen molar-refractivity contribution in [3.63, 3.8) is 0 Å². The number of aromatic amines is 2. The quantitative estimate of drug-likeness (QED) is 0.634. The van der Waals surface area contributed by atoms with Crippen molar-refractivity contribution in [2.75, 3.05) is 0 Å². The van der Waals surface area contributed by atoms with Gasteiger partial charge in [0.1, 0.15) is 0 Å². The third-order valence-electron chi connectivity index (χ3n) is 2.75. The molecule has 2 rings (SSSR count). The van der Waals surface area contributed by atoms with Gasteiger partial charge in [-0.3, -0.25) is 9.59 Å². The van der Waals surface area contributed by atoms with Crippen LogP contribution in [0.15, 0.2) is 21.7 Å². The molecule has 2 aromatic rings. The van der Waals surface area contributed by atoms with Crippen molar-refractivity contribution in [1.82, 2.24) is 9.97 Å². The van der Waals surface area contributed by atoms with Crippen molar-refractivity contribution >= 4 is 11.0 Å². The number of fused-ring (bicyclic) bond motifs is 1. The second-order valence-electron chi connectivity index (χ2n) is 4.81. The monoisotopic (exact) mass is 233 g/mol. The van der Waals surface area contributed by atoms with Crippen molar-refractivity contribution in [3.8, 4) is 0 Å². The standard InChI is InChI=1S/C12H15N3O2/c1-6-4-5-7-9(8(6)12(2,3)13)15-11(17)10(16)14-7/h4-5H,13H2,1-3H3,(H,14,16)(H,15,17). The topological polar surface area (TPSA) is 91.7 Å². The fraction of sp³-hybridized carbons (Fsp3) is 0.333. The Morgan fingerprint density at radius 2 is 1.71 bits per heavy atom. The highest BCUT2D eigenvalue weighted by molar-refractivity contribution is 5.80. The molecule has 0 unspecified atom stereocenters. The molecule has 0 aliphatic rings. The molecule has 0 atom stereocenters. The van der Waals surface area contributed by atoms with Crippen LogP contribution in [0.5, 0.6) is 0 Å². The molecule has 17 heavy (non-hydrogen) atoms. The third kappa shape index (κ3) is 1.89. The maximum Gasteiger partial charge on any atom is 0.314 e. The number of H-pyrrole nitrogens is 2. The van der Waals surface area contributed by atoms with E-state index in [2.05, 4.69) is 9.97 Å². The molecule has 1 aromatic heterocycles. The Kier molecular flexibility index (Phi) is 2.43. The Hall–Kier alpha value is -1.88. The maximum atomic E-state index is 11.4. The third-order valence-corrected chi connectivity index (χ3v) is 2.75. The minimum absolute atomic E-state index is 0.591. The van der Waals surface area contributed by atoms with Gasteiger partial charge in [-0.1, -0.05) is 6.07 Å². The van der Waals surface area contributed by atoms with Crippen LogP contribution in [-0.4, -0.2) is 9.97 Å². The van der Waals surface area contributed by atoms with E-state index in [0.29, 0.717) is 11.0 Å². The summed E-state index contributed by atoms with van der Waals surface area (Å²) in [5.41, 5.74) is 7.20. The molecule has 0 fully saturated rings. The zero-order valence-corrected chi connectivity index (χ0v) is 10.0. The number of aromatic nitrogens is 2. The fourth-order valence-corrected chi connectivity index (χ4v) is 2.12. The van der Waals surface area contributed by atoms with Crippen LogP contribution >= 0.6 is 0 Å². The zero-order valence-electron chi connectivity index (χ0n) is 10.0. The van der Waals surface area contributed by atoms with Crippen molar-refractivity contribution < 1.29 is 0 Å². The molecule has 5 nitrogen and oxygen atoms in total. The molecule has 0 bridgehead atoms. The lowest BCUT2D eigenvalue weighted by Crippen LogP contribution is -2.33. The Morgan fingerprint density at radius 3 is 2.29 bits per heavy atom. The number of benzene rings is 1. The van der Waals surface area contributed by atoms with E-state index in [1.807, 2.05) is 26.8 Å². The summed E-state index contributed by atoms with van der Waals surface area (Å²) in [6, 6.07) is 3.64. The second kappa shape index (κ2) is 3.56. The molecule has 0 saturated heterocycles. The first-order valence-electron chi connectivity index (χ1n) is 5.36. The minimum Gasteiger partial charge on any atom is -0.322 e. The average molecular weight is 233 g/mol. The summed E-state index contributed by atoms with van der Waals surface area (Å²) in [6.45, 7) is 5.64. The lowest BCUT2D eigenvalue weighted by molar-refractivity contribution is 0.554. The smallest absolute Gasteiger partial charge is 0.314 e. The molecular formula is C12H15N3O2. The largest absolute Gasteiger partial charge is 0.322 e. The maximum absolute atomic E-state index is 11.4. The minimum atomic E-state index is -0.659. The van der Waals surface area contributed by atoms with E-state index < -0.39 is 16.7 Å². The number of nitrogens with two attached hydrogens (primary N) is 1. The molecule has 0 saturated carbocycles. The fourth-order valence-electron chi connectivity index (χ4n) is 2.12. The molecule has 4 N–H and O–H groups in total. The van der Waals surface area contributed by atoms with Crippen LogP contribution in [0.1, 0.15) is 25.0 Å². The van der Waals surface area contributed by atoms with Crippen molar-refractivity contribution in [2.24, 2.45) is 5.73 Å².